The van der Waals surface area contributed by atoms with Crippen molar-refractivity contribution in [2.45, 2.75) is 19.5 Å². The highest BCUT2D eigenvalue weighted by Gasteiger charge is 2.06. The van der Waals surface area contributed by atoms with Gasteiger partial charge < -0.3 is 10.1 Å². The van der Waals surface area contributed by atoms with Crippen molar-refractivity contribution in [1.82, 2.24) is 10.3 Å². The number of halogens is 1. The number of nitrogens with one attached hydrogen (secondary N) is 1. The second-order valence-electron chi connectivity index (χ2n) is 4.35. The average Bonchev–Trinajstić information content (AvgIpc) is 2.46. The van der Waals surface area contributed by atoms with Gasteiger partial charge in [0.05, 0.1) is 12.8 Å². The molecule has 0 saturated heterocycles. The number of rotatable bonds is 5. The Balaban J connectivity index is 1.96. The maximum absolute atomic E-state index is 5.24. The number of pyridine rings is 1. The van der Waals surface area contributed by atoms with E-state index >= 15 is 0 Å². The lowest BCUT2D eigenvalue weighted by molar-refractivity contribution is 0.413. The molecule has 0 bridgehead atoms. The molecule has 1 heterocycles. The lowest BCUT2D eigenvalue weighted by Crippen LogP contribution is -2.18. The molecule has 100 valence electrons. The van der Waals surface area contributed by atoms with Crippen LogP contribution < -0.4 is 10.1 Å². The average molecular weight is 321 g/mol. The van der Waals surface area contributed by atoms with Crippen LogP contribution in [-0.2, 0) is 6.54 Å². The molecule has 3 nitrogen and oxygen atoms in total. The van der Waals surface area contributed by atoms with E-state index in [4.69, 9.17) is 4.74 Å². The van der Waals surface area contributed by atoms with Gasteiger partial charge in [-0.1, -0.05) is 12.1 Å². The normalized spacial score (nSPS) is 12.2. The van der Waals surface area contributed by atoms with E-state index in [1.165, 1.54) is 5.56 Å². The zero-order valence-corrected chi connectivity index (χ0v) is 12.6. The van der Waals surface area contributed by atoms with Gasteiger partial charge in [0.1, 0.15) is 5.75 Å². The summed E-state index contributed by atoms with van der Waals surface area (Å²) in [5, 5.41) is 3.45. The molecule has 1 aromatic heterocycles. The number of methoxy groups -OCH3 is 1. The van der Waals surface area contributed by atoms with Crippen LogP contribution in [0.25, 0.3) is 0 Å². The van der Waals surface area contributed by atoms with Crippen molar-refractivity contribution >= 4 is 15.9 Å². The van der Waals surface area contributed by atoms with E-state index in [1.807, 2.05) is 36.5 Å². The van der Waals surface area contributed by atoms with Gasteiger partial charge in [-0.05, 0) is 52.7 Å². The molecule has 0 aliphatic rings. The summed E-state index contributed by atoms with van der Waals surface area (Å²) in [5.41, 5.74) is 2.23. The number of ether oxygens (including phenoxy) is 1. The first-order valence-corrected chi connectivity index (χ1v) is 6.96. The minimum absolute atomic E-state index is 0.251. The van der Waals surface area contributed by atoms with E-state index < -0.39 is 0 Å². The number of aromatic nitrogens is 1. The Morgan fingerprint density at radius 1 is 1.32 bits per heavy atom. The fourth-order valence-electron chi connectivity index (χ4n) is 1.80. The van der Waals surface area contributed by atoms with Crippen LogP contribution in [0.2, 0.25) is 0 Å². The van der Waals surface area contributed by atoms with Gasteiger partial charge in [-0.25, -0.2) is 0 Å². The minimum Gasteiger partial charge on any atom is -0.497 e. The van der Waals surface area contributed by atoms with Crippen molar-refractivity contribution in [1.29, 1.82) is 0 Å². The quantitative estimate of drug-likeness (QED) is 0.912. The van der Waals surface area contributed by atoms with E-state index in [2.05, 4.69) is 39.2 Å². The van der Waals surface area contributed by atoms with E-state index in [0.29, 0.717) is 0 Å². The van der Waals surface area contributed by atoms with Crippen molar-refractivity contribution in [2.75, 3.05) is 7.11 Å². The van der Waals surface area contributed by atoms with Gasteiger partial charge in [-0.3, -0.25) is 4.98 Å². The lowest BCUT2D eigenvalue weighted by Gasteiger charge is -2.14. The third-order valence-electron chi connectivity index (χ3n) is 2.97. The van der Waals surface area contributed by atoms with Crippen molar-refractivity contribution < 1.29 is 4.74 Å². The van der Waals surface area contributed by atoms with E-state index in [1.54, 1.807) is 7.11 Å². The molecule has 0 unspecified atom stereocenters. The molecule has 0 spiro atoms. The van der Waals surface area contributed by atoms with Gasteiger partial charge in [0.15, 0.2) is 0 Å². The molecule has 1 atom stereocenters. The lowest BCUT2D eigenvalue weighted by atomic mass is 10.1. The molecule has 0 radical (unpaired) electrons. The Labute approximate surface area is 122 Å². The van der Waals surface area contributed by atoms with E-state index in [0.717, 1.165) is 22.5 Å². The molecule has 2 aromatic rings. The van der Waals surface area contributed by atoms with E-state index in [9.17, 15) is 0 Å². The van der Waals surface area contributed by atoms with Crippen LogP contribution >= 0.6 is 15.9 Å². The number of benzene rings is 1. The highest BCUT2D eigenvalue weighted by Crippen LogP contribution is 2.19. The zero-order chi connectivity index (χ0) is 13.7. The monoisotopic (exact) mass is 320 g/mol. The Morgan fingerprint density at radius 3 is 2.84 bits per heavy atom. The molecule has 2 rings (SSSR count). The summed E-state index contributed by atoms with van der Waals surface area (Å²) in [4.78, 5) is 4.34. The predicted octanol–water partition coefficient (Wildman–Crippen LogP) is 3.70. The Morgan fingerprint density at radius 2 is 2.16 bits per heavy atom. The molecule has 0 aliphatic heterocycles. The molecular formula is C15H17BrN2O. The Bertz CT molecular complexity index is 528. The third-order valence-corrected chi connectivity index (χ3v) is 3.44. The van der Waals surface area contributed by atoms with Gasteiger partial charge in [0.2, 0.25) is 0 Å². The number of hydrogen-bond acceptors (Lipinski definition) is 3. The van der Waals surface area contributed by atoms with Crippen molar-refractivity contribution in [3.8, 4) is 5.75 Å². The largest absolute Gasteiger partial charge is 0.497 e. The van der Waals surface area contributed by atoms with Crippen LogP contribution in [0.5, 0.6) is 5.75 Å². The first kappa shape index (κ1) is 14.0. The number of hydrogen-bond donors (Lipinski definition) is 1. The Hall–Kier alpha value is -1.39. The van der Waals surface area contributed by atoms with Crippen LogP contribution in [0.4, 0.5) is 0 Å². The van der Waals surface area contributed by atoms with Gasteiger partial charge in [-0.2, -0.15) is 0 Å². The summed E-state index contributed by atoms with van der Waals surface area (Å²) >= 11 is 3.38. The fourth-order valence-corrected chi connectivity index (χ4v) is 2.03. The van der Waals surface area contributed by atoms with Crippen molar-refractivity contribution in [3.63, 3.8) is 0 Å². The molecule has 19 heavy (non-hydrogen) atoms. The van der Waals surface area contributed by atoms with Crippen LogP contribution in [0, 0.1) is 0 Å². The Kier molecular flexibility index (Phi) is 4.93. The minimum atomic E-state index is 0.251. The molecule has 0 aliphatic carbocycles. The molecule has 0 fully saturated rings. The van der Waals surface area contributed by atoms with Gasteiger partial charge in [0, 0.05) is 23.3 Å². The van der Waals surface area contributed by atoms with Gasteiger partial charge >= 0.3 is 0 Å². The summed E-state index contributed by atoms with van der Waals surface area (Å²) in [5.74, 6) is 0.882. The van der Waals surface area contributed by atoms with Crippen LogP contribution in [0.1, 0.15) is 24.2 Å². The number of nitrogens with zero attached hydrogens (tertiary/aromatic N) is 1. The molecule has 1 N–H and O–H groups in total. The molecular weight excluding hydrogens is 304 g/mol. The summed E-state index contributed by atoms with van der Waals surface area (Å²) in [6, 6.07) is 12.4. The first-order chi connectivity index (χ1) is 9.19. The molecule has 1 aromatic carbocycles. The van der Waals surface area contributed by atoms with Crippen LogP contribution in [0.15, 0.2) is 47.1 Å². The summed E-state index contributed by atoms with van der Waals surface area (Å²) in [6.45, 7) is 2.87. The van der Waals surface area contributed by atoms with Crippen molar-refractivity contribution in [3.05, 3.63) is 58.3 Å². The summed E-state index contributed by atoms with van der Waals surface area (Å²) in [6.07, 6.45) is 1.81. The molecule has 0 saturated carbocycles. The molecule has 0 amide bonds. The summed E-state index contributed by atoms with van der Waals surface area (Å²) < 4.78 is 6.23. The SMILES string of the molecule is COc1cccc([C@H](C)NCc2ccc(Br)cn2)c1. The van der Waals surface area contributed by atoms with E-state index in [-0.39, 0.29) is 6.04 Å². The fraction of sp³-hybridized carbons (Fsp3) is 0.267. The second kappa shape index (κ2) is 6.68. The second-order valence-corrected chi connectivity index (χ2v) is 5.26. The first-order valence-electron chi connectivity index (χ1n) is 6.17. The maximum atomic E-state index is 5.24. The van der Waals surface area contributed by atoms with Gasteiger partial charge in [-0.15, -0.1) is 0 Å². The third kappa shape index (κ3) is 4.04. The highest BCUT2D eigenvalue weighted by atomic mass is 79.9. The van der Waals surface area contributed by atoms with Crippen molar-refractivity contribution in [2.24, 2.45) is 0 Å². The molecule has 4 heteroatoms. The standard InChI is InChI=1S/C15H17BrN2O/c1-11(12-4-3-5-15(8-12)19-2)17-10-14-7-6-13(16)9-18-14/h3-9,11,17H,10H2,1-2H3/t11-/m0/s1. The maximum Gasteiger partial charge on any atom is 0.119 e. The topological polar surface area (TPSA) is 34.1 Å². The smallest absolute Gasteiger partial charge is 0.119 e. The summed E-state index contributed by atoms with van der Waals surface area (Å²) in [7, 11) is 1.68. The predicted molar refractivity (Wildman–Crippen MR) is 80.2 cm³/mol. The highest BCUT2D eigenvalue weighted by molar-refractivity contribution is 9.10. The van der Waals surface area contributed by atoms with Gasteiger partial charge in [0.25, 0.3) is 0 Å². The van der Waals surface area contributed by atoms with Crippen LogP contribution in [0.3, 0.4) is 0 Å². The zero-order valence-electron chi connectivity index (χ0n) is 11.1. The van der Waals surface area contributed by atoms with Crippen LogP contribution in [-0.4, -0.2) is 12.1 Å².